The van der Waals surface area contributed by atoms with Crippen LogP contribution in [-0.4, -0.2) is 29.1 Å². The molecule has 3 rings (SSSR count). The highest BCUT2D eigenvalue weighted by atomic mass is 19.1. The third-order valence-electron chi connectivity index (χ3n) is 3.76. The predicted octanol–water partition coefficient (Wildman–Crippen LogP) is 2.37. The lowest BCUT2D eigenvalue weighted by molar-refractivity contribution is 0.418. The first-order valence-electron chi connectivity index (χ1n) is 7.31. The minimum absolute atomic E-state index is 0.191. The summed E-state index contributed by atoms with van der Waals surface area (Å²) in [5, 5.41) is 3.54. The minimum Gasteiger partial charge on any atom is -0.339 e. The van der Waals surface area contributed by atoms with Gasteiger partial charge in [0.25, 0.3) is 0 Å². The Morgan fingerprint density at radius 2 is 1.95 bits per heavy atom. The Hall–Kier alpha value is -2.01. The van der Waals surface area contributed by atoms with Crippen LogP contribution in [0.15, 0.2) is 42.7 Å². The Balaban J connectivity index is 1.55. The van der Waals surface area contributed by atoms with Crippen LogP contribution in [0.25, 0.3) is 0 Å². The molecule has 0 spiro atoms. The van der Waals surface area contributed by atoms with E-state index in [9.17, 15) is 4.39 Å². The summed E-state index contributed by atoms with van der Waals surface area (Å²) in [7, 11) is 0. The molecule has 5 heteroatoms. The summed E-state index contributed by atoms with van der Waals surface area (Å²) in [5.74, 6) is 0.606. The average Bonchev–Trinajstić information content (AvgIpc) is 2.55. The van der Waals surface area contributed by atoms with E-state index in [1.54, 1.807) is 12.4 Å². The molecule has 110 valence electrons. The number of aromatic nitrogens is 2. The number of piperidine rings is 1. The van der Waals surface area contributed by atoms with Crippen LogP contribution in [0.3, 0.4) is 0 Å². The van der Waals surface area contributed by atoms with Crippen LogP contribution < -0.4 is 10.2 Å². The summed E-state index contributed by atoms with van der Waals surface area (Å²) in [6.07, 6.45) is 5.82. The van der Waals surface area contributed by atoms with Gasteiger partial charge in [0.15, 0.2) is 0 Å². The Morgan fingerprint density at radius 1 is 1.19 bits per heavy atom. The van der Waals surface area contributed by atoms with Crippen molar-refractivity contribution in [3.05, 3.63) is 54.1 Å². The van der Waals surface area contributed by atoms with Gasteiger partial charge in [0.1, 0.15) is 5.82 Å². The van der Waals surface area contributed by atoms with Crippen molar-refractivity contribution in [3.8, 4) is 0 Å². The molecule has 1 aliphatic heterocycles. The topological polar surface area (TPSA) is 41.0 Å². The number of nitrogens with one attached hydrogen (secondary N) is 1. The fourth-order valence-electron chi connectivity index (χ4n) is 2.64. The molecule has 1 atom stereocenters. The monoisotopic (exact) mass is 286 g/mol. The Morgan fingerprint density at radius 3 is 2.71 bits per heavy atom. The normalized spacial score (nSPS) is 18.7. The third kappa shape index (κ3) is 3.76. The second-order valence-electron chi connectivity index (χ2n) is 5.34. The first kappa shape index (κ1) is 13.9. The summed E-state index contributed by atoms with van der Waals surface area (Å²) < 4.78 is 12.9. The predicted molar refractivity (Wildman–Crippen MR) is 80.5 cm³/mol. The molecule has 1 aromatic carbocycles. The molecule has 0 aliphatic carbocycles. The van der Waals surface area contributed by atoms with Crippen LogP contribution in [-0.2, 0) is 6.54 Å². The maximum absolute atomic E-state index is 12.9. The maximum atomic E-state index is 12.9. The third-order valence-corrected chi connectivity index (χ3v) is 3.76. The number of halogens is 1. The van der Waals surface area contributed by atoms with Crippen LogP contribution in [0.5, 0.6) is 0 Å². The number of rotatable bonds is 4. The van der Waals surface area contributed by atoms with Crippen molar-refractivity contribution < 1.29 is 4.39 Å². The minimum atomic E-state index is -0.191. The molecule has 1 aliphatic rings. The molecule has 0 radical (unpaired) electrons. The molecule has 1 saturated heterocycles. The maximum Gasteiger partial charge on any atom is 0.225 e. The standard InChI is InChI=1S/C16H19FN4/c17-14-6-4-13(5-7-14)11-20-15-3-1-10-21(12-15)16-18-8-2-9-19-16/h2,4-9,15,20H,1,3,10-12H2/t15-/m1/s1. The molecule has 21 heavy (non-hydrogen) atoms. The Labute approximate surface area is 124 Å². The summed E-state index contributed by atoms with van der Waals surface area (Å²) >= 11 is 0. The van der Waals surface area contributed by atoms with Crippen molar-refractivity contribution >= 4 is 5.95 Å². The van der Waals surface area contributed by atoms with E-state index in [1.807, 2.05) is 18.2 Å². The number of hydrogen-bond acceptors (Lipinski definition) is 4. The summed E-state index contributed by atoms with van der Waals surface area (Å²) in [5.41, 5.74) is 1.10. The average molecular weight is 286 g/mol. The number of hydrogen-bond donors (Lipinski definition) is 1. The Bertz CT molecular complexity index is 558. The van der Waals surface area contributed by atoms with E-state index in [1.165, 1.54) is 12.1 Å². The van der Waals surface area contributed by atoms with Gasteiger partial charge in [-0.25, -0.2) is 14.4 Å². The number of nitrogens with zero attached hydrogens (tertiary/aromatic N) is 3. The molecule has 1 N–H and O–H groups in total. The van der Waals surface area contributed by atoms with Gasteiger partial charge in [-0.3, -0.25) is 0 Å². The first-order chi connectivity index (χ1) is 10.3. The van der Waals surface area contributed by atoms with Crippen LogP contribution in [0.1, 0.15) is 18.4 Å². The van der Waals surface area contributed by atoms with Crippen molar-refractivity contribution in [2.45, 2.75) is 25.4 Å². The molecule has 0 unspecified atom stereocenters. The fraction of sp³-hybridized carbons (Fsp3) is 0.375. The molecule has 0 bridgehead atoms. The molecule has 1 aromatic heterocycles. The van der Waals surface area contributed by atoms with Gasteiger partial charge in [-0.2, -0.15) is 0 Å². The first-order valence-corrected chi connectivity index (χ1v) is 7.31. The van der Waals surface area contributed by atoms with Crippen molar-refractivity contribution in [3.63, 3.8) is 0 Å². The quantitative estimate of drug-likeness (QED) is 0.937. The highest BCUT2D eigenvalue weighted by molar-refractivity contribution is 5.29. The van der Waals surface area contributed by atoms with E-state index in [0.717, 1.165) is 44.0 Å². The number of anilines is 1. The molecule has 2 heterocycles. The zero-order chi connectivity index (χ0) is 14.5. The van der Waals surface area contributed by atoms with Gasteiger partial charge in [0, 0.05) is 38.1 Å². The van der Waals surface area contributed by atoms with Crippen molar-refractivity contribution in [2.24, 2.45) is 0 Å². The van der Waals surface area contributed by atoms with Crippen molar-refractivity contribution in [1.82, 2.24) is 15.3 Å². The second kappa shape index (κ2) is 6.63. The number of benzene rings is 1. The van der Waals surface area contributed by atoms with Crippen LogP contribution in [0, 0.1) is 5.82 Å². The summed E-state index contributed by atoms with van der Waals surface area (Å²) in [4.78, 5) is 10.8. The van der Waals surface area contributed by atoms with Gasteiger partial charge in [-0.1, -0.05) is 12.1 Å². The highest BCUT2D eigenvalue weighted by Crippen LogP contribution is 2.15. The molecule has 0 saturated carbocycles. The van der Waals surface area contributed by atoms with Gasteiger partial charge in [-0.15, -0.1) is 0 Å². The largest absolute Gasteiger partial charge is 0.339 e. The summed E-state index contributed by atoms with van der Waals surface area (Å²) in [6, 6.07) is 8.89. The van der Waals surface area contributed by atoms with Gasteiger partial charge < -0.3 is 10.2 Å². The van der Waals surface area contributed by atoms with E-state index in [-0.39, 0.29) is 5.82 Å². The molecule has 2 aromatic rings. The van der Waals surface area contributed by atoms with Crippen molar-refractivity contribution in [2.75, 3.05) is 18.0 Å². The molecule has 4 nitrogen and oxygen atoms in total. The van der Waals surface area contributed by atoms with Crippen LogP contribution in [0.2, 0.25) is 0 Å². The SMILES string of the molecule is Fc1ccc(CN[C@@H]2CCCN(c3ncccn3)C2)cc1. The van der Waals surface area contributed by atoms with Crippen molar-refractivity contribution in [1.29, 1.82) is 0 Å². The van der Waals surface area contributed by atoms with Gasteiger partial charge in [0.2, 0.25) is 5.95 Å². The molecular weight excluding hydrogens is 267 g/mol. The van der Waals surface area contributed by atoms with Gasteiger partial charge in [-0.05, 0) is 36.6 Å². The highest BCUT2D eigenvalue weighted by Gasteiger charge is 2.20. The molecule has 1 fully saturated rings. The lowest BCUT2D eigenvalue weighted by Gasteiger charge is -2.33. The molecular formula is C16H19FN4. The molecule has 0 amide bonds. The van der Waals surface area contributed by atoms with Gasteiger partial charge in [0.05, 0.1) is 0 Å². The lowest BCUT2D eigenvalue weighted by Crippen LogP contribution is -2.46. The zero-order valence-corrected chi connectivity index (χ0v) is 11.9. The van der Waals surface area contributed by atoms with Crippen LogP contribution >= 0.6 is 0 Å². The summed E-state index contributed by atoms with van der Waals surface area (Å²) in [6.45, 7) is 2.67. The Kier molecular flexibility index (Phi) is 4.40. The van der Waals surface area contributed by atoms with E-state index in [4.69, 9.17) is 0 Å². The van der Waals surface area contributed by atoms with E-state index >= 15 is 0 Å². The second-order valence-corrected chi connectivity index (χ2v) is 5.34. The van der Waals surface area contributed by atoms with E-state index in [0.29, 0.717) is 6.04 Å². The lowest BCUT2D eigenvalue weighted by atomic mass is 10.1. The van der Waals surface area contributed by atoms with Crippen LogP contribution in [0.4, 0.5) is 10.3 Å². The van der Waals surface area contributed by atoms with E-state index in [2.05, 4.69) is 20.2 Å². The fourth-order valence-corrected chi connectivity index (χ4v) is 2.64. The zero-order valence-electron chi connectivity index (χ0n) is 11.9. The van der Waals surface area contributed by atoms with E-state index < -0.39 is 0 Å². The smallest absolute Gasteiger partial charge is 0.225 e. The van der Waals surface area contributed by atoms with Gasteiger partial charge >= 0.3 is 0 Å².